The first-order valence-electron chi connectivity index (χ1n) is 10.4. The van der Waals surface area contributed by atoms with Gasteiger partial charge in [-0.05, 0) is 48.9 Å². The maximum atomic E-state index is 8.98. The van der Waals surface area contributed by atoms with Crippen LogP contribution in [0.4, 0.5) is 17.2 Å². The van der Waals surface area contributed by atoms with E-state index in [2.05, 4.69) is 23.0 Å². The highest BCUT2D eigenvalue weighted by Gasteiger charge is 2.10. The zero-order valence-electron chi connectivity index (χ0n) is 18.5. The molecule has 0 bridgehead atoms. The summed E-state index contributed by atoms with van der Waals surface area (Å²) in [6.07, 6.45) is 8.06. The van der Waals surface area contributed by atoms with Crippen molar-refractivity contribution in [2.75, 3.05) is 25.7 Å². The summed E-state index contributed by atoms with van der Waals surface area (Å²) in [4.78, 5) is 10.9. The van der Waals surface area contributed by atoms with Gasteiger partial charge in [0.1, 0.15) is 11.9 Å². The molecule has 0 amide bonds. The monoisotopic (exact) mass is 426 g/mol. The van der Waals surface area contributed by atoms with Crippen LogP contribution in [0.5, 0.6) is 11.5 Å². The van der Waals surface area contributed by atoms with E-state index in [0.717, 1.165) is 34.9 Å². The highest BCUT2D eigenvalue weighted by Crippen LogP contribution is 2.33. The van der Waals surface area contributed by atoms with E-state index in [9.17, 15) is 0 Å². The van der Waals surface area contributed by atoms with Crippen LogP contribution in [-0.4, -0.2) is 32.0 Å². The van der Waals surface area contributed by atoms with Crippen LogP contribution >= 0.6 is 0 Å². The van der Waals surface area contributed by atoms with E-state index >= 15 is 0 Å². The van der Waals surface area contributed by atoms with Gasteiger partial charge in [0.2, 0.25) is 0 Å². The van der Waals surface area contributed by atoms with E-state index in [-0.39, 0.29) is 0 Å². The van der Waals surface area contributed by atoms with Crippen molar-refractivity contribution < 1.29 is 9.47 Å². The number of aromatic nitrogens is 1. The standard InChI is InChI=1S/C26H26N4O2/c1-4-17-32-26-21(9-7-13-24(26)31-3)10-8-16-28-22-11-5-6-12-23(22)30(2)25-15-14-20(18-27)19-29-25/h5-16,19H,4,17H2,1-3H3/b10-8+,28-16?. The number of aliphatic imine (C=N–C) groups is 1. The maximum absolute atomic E-state index is 8.98. The molecule has 1 heterocycles. The summed E-state index contributed by atoms with van der Waals surface area (Å²) in [6, 6.07) is 19.3. The molecule has 3 aromatic rings. The third-order valence-corrected chi connectivity index (χ3v) is 4.72. The average Bonchev–Trinajstić information content (AvgIpc) is 2.85. The third-order valence-electron chi connectivity index (χ3n) is 4.72. The number of para-hydroxylation sites is 3. The largest absolute Gasteiger partial charge is 0.493 e. The van der Waals surface area contributed by atoms with Crippen LogP contribution in [-0.2, 0) is 0 Å². The van der Waals surface area contributed by atoms with E-state index in [4.69, 9.17) is 14.7 Å². The van der Waals surface area contributed by atoms with E-state index in [1.165, 1.54) is 0 Å². The number of anilines is 2. The number of benzene rings is 2. The molecule has 3 rings (SSSR count). The van der Waals surface area contributed by atoms with E-state index in [1.807, 2.05) is 72.6 Å². The smallest absolute Gasteiger partial charge is 0.168 e. The number of rotatable bonds is 9. The Labute approximate surface area is 189 Å². The van der Waals surface area contributed by atoms with Gasteiger partial charge in [-0.15, -0.1) is 0 Å². The van der Waals surface area contributed by atoms with E-state index in [1.54, 1.807) is 25.6 Å². The first kappa shape index (κ1) is 22.6. The number of pyridine rings is 1. The number of nitrogens with zero attached hydrogens (tertiary/aromatic N) is 4. The quantitative estimate of drug-likeness (QED) is 0.396. The second-order valence-electron chi connectivity index (χ2n) is 6.93. The molecule has 0 unspecified atom stereocenters. The molecule has 0 aliphatic rings. The Kier molecular flexibility index (Phi) is 7.99. The molecule has 162 valence electrons. The fraction of sp³-hybridized carbons (Fsp3) is 0.192. The Balaban J connectivity index is 1.81. The highest BCUT2D eigenvalue weighted by molar-refractivity contribution is 5.84. The zero-order chi connectivity index (χ0) is 22.8. The van der Waals surface area contributed by atoms with Crippen molar-refractivity contribution in [3.63, 3.8) is 0 Å². The van der Waals surface area contributed by atoms with Crippen molar-refractivity contribution >= 4 is 29.5 Å². The molecule has 0 aliphatic carbocycles. The molecule has 0 aliphatic heterocycles. The van der Waals surface area contributed by atoms with Crippen molar-refractivity contribution in [2.24, 2.45) is 4.99 Å². The van der Waals surface area contributed by atoms with Gasteiger partial charge in [-0.1, -0.05) is 31.2 Å². The minimum Gasteiger partial charge on any atom is -0.493 e. The molecule has 0 saturated carbocycles. The zero-order valence-corrected chi connectivity index (χ0v) is 18.5. The van der Waals surface area contributed by atoms with Crippen molar-refractivity contribution in [3.05, 3.63) is 78.0 Å². The molecule has 2 aromatic carbocycles. The van der Waals surface area contributed by atoms with Crippen LogP contribution in [0, 0.1) is 11.3 Å². The van der Waals surface area contributed by atoms with Gasteiger partial charge in [-0.3, -0.25) is 4.99 Å². The van der Waals surface area contributed by atoms with Crippen molar-refractivity contribution in [3.8, 4) is 17.6 Å². The Morgan fingerprint density at radius 3 is 2.69 bits per heavy atom. The van der Waals surface area contributed by atoms with Crippen LogP contribution in [0.2, 0.25) is 0 Å². The summed E-state index contributed by atoms with van der Waals surface area (Å²) in [5, 5.41) is 8.98. The molecular weight excluding hydrogens is 400 g/mol. The van der Waals surface area contributed by atoms with Gasteiger partial charge in [-0.2, -0.15) is 5.26 Å². The molecule has 0 N–H and O–H groups in total. The van der Waals surface area contributed by atoms with E-state index in [0.29, 0.717) is 17.9 Å². The van der Waals surface area contributed by atoms with Crippen LogP contribution in [0.15, 0.2) is 71.9 Å². The first-order chi connectivity index (χ1) is 15.7. The number of nitriles is 1. The number of ether oxygens (including phenoxy) is 2. The summed E-state index contributed by atoms with van der Waals surface area (Å²) in [5.41, 5.74) is 3.16. The topological polar surface area (TPSA) is 70.7 Å². The van der Waals surface area contributed by atoms with Gasteiger partial charge in [0.25, 0.3) is 0 Å². The van der Waals surface area contributed by atoms with Crippen molar-refractivity contribution in [1.29, 1.82) is 5.26 Å². The maximum Gasteiger partial charge on any atom is 0.168 e. The van der Waals surface area contributed by atoms with Crippen molar-refractivity contribution in [2.45, 2.75) is 13.3 Å². The van der Waals surface area contributed by atoms with Gasteiger partial charge >= 0.3 is 0 Å². The van der Waals surface area contributed by atoms with Crippen LogP contribution in [0.25, 0.3) is 6.08 Å². The summed E-state index contributed by atoms with van der Waals surface area (Å²) >= 11 is 0. The van der Waals surface area contributed by atoms with Crippen molar-refractivity contribution in [1.82, 2.24) is 4.98 Å². The minimum atomic E-state index is 0.526. The minimum absolute atomic E-state index is 0.526. The Morgan fingerprint density at radius 2 is 1.97 bits per heavy atom. The Bertz CT molecular complexity index is 1130. The Morgan fingerprint density at radius 1 is 1.12 bits per heavy atom. The van der Waals surface area contributed by atoms with Gasteiger partial charge in [0, 0.05) is 25.0 Å². The molecule has 1 aromatic heterocycles. The van der Waals surface area contributed by atoms with E-state index < -0.39 is 0 Å². The molecule has 32 heavy (non-hydrogen) atoms. The molecule has 0 radical (unpaired) electrons. The summed E-state index contributed by atoms with van der Waals surface area (Å²) in [6.45, 7) is 2.69. The molecule has 0 spiro atoms. The third kappa shape index (κ3) is 5.52. The van der Waals surface area contributed by atoms with Gasteiger partial charge in [-0.25, -0.2) is 4.98 Å². The molecule has 0 atom stereocenters. The fourth-order valence-electron chi connectivity index (χ4n) is 3.08. The Hall–Kier alpha value is -4.11. The predicted octanol–water partition coefficient (Wildman–Crippen LogP) is 5.93. The number of allylic oxidation sites excluding steroid dienone is 1. The van der Waals surface area contributed by atoms with Gasteiger partial charge in [0.15, 0.2) is 11.5 Å². The predicted molar refractivity (Wildman–Crippen MR) is 129 cm³/mol. The van der Waals surface area contributed by atoms with Crippen LogP contribution < -0.4 is 14.4 Å². The molecule has 0 saturated heterocycles. The first-order valence-corrected chi connectivity index (χ1v) is 10.4. The molecular formula is C26H26N4O2. The highest BCUT2D eigenvalue weighted by atomic mass is 16.5. The second-order valence-corrected chi connectivity index (χ2v) is 6.93. The molecule has 0 fully saturated rings. The summed E-state index contributed by atoms with van der Waals surface area (Å²) in [7, 11) is 3.56. The number of hydrogen-bond donors (Lipinski definition) is 0. The van der Waals surface area contributed by atoms with Gasteiger partial charge in [0.05, 0.1) is 30.7 Å². The lowest BCUT2D eigenvalue weighted by atomic mass is 10.1. The molecule has 6 nitrogen and oxygen atoms in total. The SMILES string of the molecule is CCCOc1c(/C=C/C=Nc2ccccc2N(C)c2ccc(C#N)cn2)cccc1OC. The van der Waals surface area contributed by atoms with Crippen LogP contribution in [0.3, 0.4) is 0 Å². The lowest BCUT2D eigenvalue weighted by molar-refractivity contribution is 0.293. The normalized spacial score (nSPS) is 10.9. The average molecular weight is 427 g/mol. The number of hydrogen-bond acceptors (Lipinski definition) is 6. The molecule has 6 heteroatoms. The second kappa shape index (κ2) is 11.3. The fourth-order valence-corrected chi connectivity index (χ4v) is 3.08. The van der Waals surface area contributed by atoms with Crippen LogP contribution in [0.1, 0.15) is 24.5 Å². The number of methoxy groups -OCH3 is 1. The lowest BCUT2D eigenvalue weighted by Crippen LogP contribution is -2.11. The lowest BCUT2D eigenvalue weighted by Gasteiger charge is -2.19. The van der Waals surface area contributed by atoms with Gasteiger partial charge < -0.3 is 14.4 Å². The summed E-state index contributed by atoms with van der Waals surface area (Å²) < 4.78 is 11.3. The summed E-state index contributed by atoms with van der Waals surface area (Å²) in [5.74, 6) is 2.17.